The summed E-state index contributed by atoms with van der Waals surface area (Å²) < 4.78 is 50.2. The summed E-state index contributed by atoms with van der Waals surface area (Å²) in [6.45, 7) is 11.2. The van der Waals surface area contributed by atoms with Crippen LogP contribution >= 0.6 is 11.6 Å². The Labute approximate surface area is 162 Å². The molecule has 5 unspecified atom stereocenters. The lowest BCUT2D eigenvalue weighted by atomic mass is 9.66. The Morgan fingerprint density at radius 1 is 1.00 bits per heavy atom. The summed E-state index contributed by atoms with van der Waals surface area (Å²) in [6, 6.07) is 0. The predicted octanol–water partition coefficient (Wildman–Crippen LogP) is 7.07. The van der Waals surface area contributed by atoms with Crippen molar-refractivity contribution in [1.82, 2.24) is 0 Å². The molecule has 5 heteroatoms. The van der Waals surface area contributed by atoms with Gasteiger partial charge in [-0.3, -0.25) is 0 Å². The summed E-state index contributed by atoms with van der Waals surface area (Å²) in [6.07, 6.45) is -1.95. The molecule has 2 rings (SSSR count). The maximum absolute atomic E-state index is 15.2. The van der Waals surface area contributed by atoms with E-state index < -0.39 is 29.2 Å². The topological polar surface area (TPSA) is 9.23 Å². The Bertz CT molecular complexity index is 460. The van der Waals surface area contributed by atoms with Crippen LogP contribution in [0.4, 0.5) is 13.2 Å². The molecule has 0 amide bonds. The molecule has 0 aromatic rings. The van der Waals surface area contributed by atoms with E-state index >= 15 is 8.78 Å². The van der Waals surface area contributed by atoms with E-state index in [0.717, 1.165) is 25.7 Å². The molecular formula is C21H36ClF3O. The quantitative estimate of drug-likeness (QED) is 0.451. The van der Waals surface area contributed by atoms with Gasteiger partial charge in [0.2, 0.25) is 0 Å². The summed E-state index contributed by atoms with van der Waals surface area (Å²) in [5.74, 6) is 0.788. The normalized spacial score (nSPS) is 40.0. The fourth-order valence-electron chi connectivity index (χ4n) is 4.91. The molecule has 2 aliphatic carbocycles. The van der Waals surface area contributed by atoms with Crippen molar-refractivity contribution in [3.05, 3.63) is 0 Å². The van der Waals surface area contributed by atoms with Crippen LogP contribution in [0.3, 0.4) is 0 Å². The molecule has 0 saturated heterocycles. The minimum absolute atomic E-state index is 0.0329. The van der Waals surface area contributed by atoms with Crippen LogP contribution < -0.4 is 0 Å². The molecule has 2 saturated carbocycles. The zero-order valence-electron chi connectivity index (χ0n) is 17.1. The second-order valence-electron chi connectivity index (χ2n) is 9.76. The molecule has 0 bridgehead atoms. The van der Waals surface area contributed by atoms with E-state index in [1.54, 1.807) is 20.8 Å². The maximum atomic E-state index is 15.2. The first kappa shape index (κ1) is 22.3. The van der Waals surface area contributed by atoms with Gasteiger partial charge >= 0.3 is 6.11 Å². The fraction of sp³-hybridized carbons (Fsp3) is 1.00. The van der Waals surface area contributed by atoms with E-state index in [4.69, 9.17) is 16.3 Å². The van der Waals surface area contributed by atoms with Gasteiger partial charge < -0.3 is 4.74 Å². The van der Waals surface area contributed by atoms with Crippen LogP contribution in [0, 0.1) is 35.0 Å². The molecule has 2 fully saturated rings. The third-order valence-electron chi connectivity index (χ3n) is 7.24. The highest BCUT2D eigenvalue weighted by Crippen LogP contribution is 2.52. The van der Waals surface area contributed by atoms with E-state index in [9.17, 15) is 4.39 Å². The van der Waals surface area contributed by atoms with Crippen LogP contribution in [0.1, 0.15) is 73.6 Å². The second-order valence-corrected chi connectivity index (χ2v) is 10.3. The van der Waals surface area contributed by atoms with Crippen molar-refractivity contribution < 1.29 is 17.9 Å². The molecular weight excluding hydrogens is 361 g/mol. The average Bonchev–Trinajstić information content (AvgIpc) is 2.56. The van der Waals surface area contributed by atoms with Gasteiger partial charge in [-0.2, -0.15) is 8.78 Å². The summed E-state index contributed by atoms with van der Waals surface area (Å²) >= 11 is 6.12. The van der Waals surface area contributed by atoms with Gasteiger partial charge in [-0.05, 0) is 61.7 Å². The van der Waals surface area contributed by atoms with Crippen molar-refractivity contribution in [2.24, 2.45) is 35.0 Å². The molecule has 0 radical (unpaired) electrons. The average molecular weight is 397 g/mol. The first-order valence-electron chi connectivity index (χ1n) is 10.2. The van der Waals surface area contributed by atoms with E-state index in [2.05, 4.69) is 13.8 Å². The molecule has 0 heterocycles. The number of rotatable bonds is 5. The van der Waals surface area contributed by atoms with Crippen LogP contribution in [-0.2, 0) is 4.74 Å². The minimum atomic E-state index is -3.37. The predicted molar refractivity (Wildman–Crippen MR) is 101 cm³/mol. The lowest BCUT2D eigenvalue weighted by Crippen LogP contribution is -2.54. The Hall–Kier alpha value is 0.0400. The van der Waals surface area contributed by atoms with E-state index in [1.165, 1.54) is 0 Å². The number of hydrogen-bond donors (Lipinski definition) is 0. The Balaban J connectivity index is 2.08. The van der Waals surface area contributed by atoms with Crippen molar-refractivity contribution in [2.45, 2.75) is 97.4 Å². The molecule has 154 valence electrons. The zero-order valence-corrected chi connectivity index (χ0v) is 17.8. The summed E-state index contributed by atoms with van der Waals surface area (Å²) in [5.41, 5.74) is -1.32. The van der Waals surface area contributed by atoms with E-state index in [-0.39, 0.29) is 17.8 Å². The third kappa shape index (κ3) is 4.37. The van der Waals surface area contributed by atoms with Gasteiger partial charge in [0.25, 0.3) is 0 Å². The van der Waals surface area contributed by atoms with Crippen LogP contribution in [-0.4, -0.2) is 23.8 Å². The van der Waals surface area contributed by atoms with Gasteiger partial charge in [-0.1, -0.05) is 41.5 Å². The molecule has 0 aromatic heterocycles. The highest BCUT2D eigenvalue weighted by molar-refractivity contribution is 6.21. The van der Waals surface area contributed by atoms with Crippen molar-refractivity contribution >= 4 is 11.6 Å². The second kappa shape index (κ2) is 8.19. The monoisotopic (exact) mass is 396 g/mol. The van der Waals surface area contributed by atoms with Crippen molar-refractivity contribution in [3.8, 4) is 0 Å². The van der Waals surface area contributed by atoms with Crippen LogP contribution in [0.2, 0.25) is 0 Å². The molecule has 1 nitrogen and oxygen atoms in total. The summed E-state index contributed by atoms with van der Waals surface area (Å²) in [7, 11) is 0. The molecule has 0 aromatic carbocycles. The van der Waals surface area contributed by atoms with Gasteiger partial charge in [0.15, 0.2) is 0 Å². The van der Waals surface area contributed by atoms with Gasteiger partial charge in [0, 0.05) is 0 Å². The van der Waals surface area contributed by atoms with Gasteiger partial charge in [-0.25, -0.2) is 4.39 Å². The molecule has 26 heavy (non-hydrogen) atoms. The number of ether oxygens (including phenoxy) is 1. The van der Waals surface area contributed by atoms with Gasteiger partial charge in [-0.15, -0.1) is 11.6 Å². The largest absolute Gasteiger partial charge is 0.361 e. The van der Waals surface area contributed by atoms with E-state index in [1.807, 2.05) is 6.92 Å². The van der Waals surface area contributed by atoms with Crippen molar-refractivity contribution in [3.63, 3.8) is 0 Å². The zero-order chi connectivity index (χ0) is 19.9. The molecule has 2 aliphatic rings. The van der Waals surface area contributed by atoms with Gasteiger partial charge in [0.05, 0.1) is 16.9 Å². The van der Waals surface area contributed by atoms with Crippen molar-refractivity contribution in [2.75, 3.05) is 0 Å². The lowest BCUT2D eigenvalue weighted by Gasteiger charge is -2.47. The lowest BCUT2D eigenvalue weighted by molar-refractivity contribution is -0.346. The van der Waals surface area contributed by atoms with E-state index in [0.29, 0.717) is 18.3 Å². The fourth-order valence-corrected chi connectivity index (χ4v) is 5.15. The Morgan fingerprint density at radius 2 is 1.54 bits per heavy atom. The van der Waals surface area contributed by atoms with Gasteiger partial charge in [0.1, 0.15) is 6.17 Å². The number of halogens is 4. The first-order chi connectivity index (χ1) is 11.9. The number of alkyl halides is 4. The maximum Gasteiger partial charge on any atom is 0.361 e. The summed E-state index contributed by atoms with van der Waals surface area (Å²) in [4.78, 5) is 0. The number of hydrogen-bond acceptors (Lipinski definition) is 1. The first-order valence-corrected chi connectivity index (χ1v) is 10.7. The third-order valence-corrected chi connectivity index (χ3v) is 7.91. The Kier molecular flexibility index (Phi) is 7.03. The molecule has 0 spiro atoms. The molecule has 0 aliphatic heterocycles. The minimum Gasteiger partial charge on any atom is -0.313 e. The smallest absolute Gasteiger partial charge is 0.313 e. The molecule has 5 atom stereocenters. The molecule has 0 N–H and O–H groups in total. The SMILES string of the molecule is CC(C)C1CCC(C(C)(C)C(F)(F)OC2C(C)CC(C)C(Cl)C2F)CC1. The standard InChI is InChI=1S/C21H36ClF3O/c1-12(2)15-7-9-16(10-8-15)20(5,6)21(24,25)26-19-14(4)11-13(3)17(22)18(19)23/h12-19H,7-11H2,1-6H3. The Morgan fingerprint density at radius 3 is 2.04 bits per heavy atom. The highest BCUT2D eigenvalue weighted by Gasteiger charge is 2.56. The van der Waals surface area contributed by atoms with Crippen LogP contribution in [0.5, 0.6) is 0 Å². The highest BCUT2D eigenvalue weighted by atomic mass is 35.5. The van der Waals surface area contributed by atoms with Crippen LogP contribution in [0.25, 0.3) is 0 Å². The van der Waals surface area contributed by atoms with Crippen LogP contribution in [0.15, 0.2) is 0 Å². The van der Waals surface area contributed by atoms with Crippen molar-refractivity contribution in [1.29, 1.82) is 0 Å². The summed E-state index contributed by atoms with van der Waals surface area (Å²) in [5, 5.41) is -0.767.